The maximum Gasteiger partial charge on any atom is 0.297 e. The Kier molecular flexibility index (Phi) is 8.35. The van der Waals surface area contributed by atoms with E-state index < -0.39 is 0 Å². The highest BCUT2D eigenvalue weighted by Crippen LogP contribution is 2.51. The van der Waals surface area contributed by atoms with Crippen LogP contribution < -0.4 is 35.9 Å². The largest absolute Gasteiger partial charge is 0.490 e. The number of furan rings is 1. The van der Waals surface area contributed by atoms with Crippen LogP contribution in [0, 0.1) is 27.7 Å². The number of ether oxygens (including phenoxy) is 2. The monoisotopic (exact) mass is 756 g/mol. The molecule has 5 aromatic carbocycles. The molecule has 6 aromatic rings. The molecule has 6 heteroatoms. The summed E-state index contributed by atoms with van der Waals surface area (Å²) in [6.45, 7) is 30.9. The van der Waals surface area contributed by atoms with E-state index >= 15 is 0 Å². The first-order valence-corrected chi connectivity index (χ1v) is 20.8. The Morgan fingerprint density at radius 3 is 1.82 bits per heavy atom. The Labute approximate surface area is 340 Å². The summed E-state index contributed by atoms with van der Waals surface area (Å²) in [6, 6.07) is 27.8. The van der Waals surface area contributed by atoms with Crippen LogP contribution >= 0.6 is 0 Å². The van der Waals surface area contributed by atoms with Crippen molar-refractivity contribution in [3.05, 3.63) is 112 Å². The predicted molar refractivity (Wildman–Crippen MR) is 241 cm³/mol. The quantitative estimate of drug-likeness (QED) is 0.164. The van der Waals surface area contributed by atoms with Crippen LogP contribution in [0.15, 0.2) is 77.2 Å². The van der Waals surface area contributed by atoms with Gasteiger partial charge in [-0.05, 0) is 125 Å². The molecule has 57 heavy (non-hydrogen) atoms. The first kappa shape index (κ1) is 37.5. The molecule has 5 nitrogen and oxygen atoms in total. The van der Waals surface area contributed by atoms with Crippen LogP contribution in [0.1, 0.15) is 108 Å². The molecule has 0 aliphatic carbocycles. The van der Waals surface area contributed by atoms with E-state index in [1.165, 1.54) is 50.1 Å². The van der Waals surface area contributed by atoms with Crippen LogP contribution in [0.2, 0.25) is 0 Å². The number of hydrogen-bond donors (Lipinski definition) is 0. The molecular formula is C51H57BN2O3. The Balaban J connectivity index is 1.41. The second-order valence-corrected chi connectivity index (χ2v) is 19.9. The van der Waals surface area contributed by atoms with Gasteiger partial charge in [0.2, 0.25) is 0 Å². The van der Waals surface area contributed by atoms with E-state index in [4.69, 9.17) is 13.9 Å². The molecule has 0 atom stereocenters. The molecule has 0 unspecified atom stereocenters. The van der Waals surface area contributed by atoms with Crippen molar-refractivity contribution in [3.8, 4) is 11.5 Å². The Hall–Kier alpha value is -5.10. The zero-order valence-electron chi connectivity index (χ0n) is 36.2. The smallest absolute Gasteiger partial charge is 0.297 e. The zero-order valence-corrected chi connectivity index (χ0v) is 36.2. The van der Waals surface area contributed by atoms with Crippen molar-refractivity contribution in [2.24, 2.45) is 0 Å². The van der Waals surface area contributed by atoms with Crippen molar-refractivity contribution in [1.29, 1.82) is 0 Å². The Bertz CT molecular complexity index is 2610. The molecule has 0 saturated carbocycles. The molecule has 3 aliphatic heterocycles. The van der Waals surface area contributed by atoms with E-state index in [1.807, 2.05) is 0 Å². The average Bonchev–Trinajstić information content (AvgIpc) is 3.34. The van der Waals surface area contributed by atoms with Gasteiger partial charge < -0.3 is 23.7 Å². The number of benzene rings is 5. The minimum Gasteiger partial charge on any atom is -0.490 e. The summed E-state index contributed by atoms with van der Waals surface area (Å²) < 4.78 is 20.0. The highest BCUT2D eigenvalue weighted by molar-refractivity contribution is 7.00. The lowest BCUT2D eigenvalue weighted by atomic mass is 9.35. The van der Waals surface area contributed by atoms with Gasteiger partial charge in [-0.25, -0.2) is 0 Å². The number of nitrogens with zero attached hydrogens (tertiary/aromatic N) is 2. The van der Waals surface area contributed by atoms with Gasteiger partial charge in [0.05, 0.1) is 35.9 Å². The zero-order chi connectivity index (χ0) is 40.5. The summed E-state index contributed by atoms with van der Waals surface area (Å²) in [7, 11) is 0. The van der Waals surface area contributed by atoms with E-state index in [0.717, 1.165) is 68.4 Å². The van der Waals surface area contributed by atoms with Gasteiger partial charge >= 0.3 is 0 Å². The Morgan fingerprint density at radius 2 is 1.16 bits per heavy atom. The number of anilines is 6. The van der Waals surface area contributed by atoms with Gasteiger partial charge in [-0.15, -0.1) is 0 Å². The van der Waals surface area contributed by atoms with Crippen molar-refractivity contribution < 1.29 is 13.9 Å². The fraction of sp³-hybridized carbons (Fsp3) is 0.373. The minimum absolute atomic E-state index is 0.0232. The SMILES string of the molecule is Cc1cc(C(C)(C)C)cc(C)c1N1c2cccc3c2B(c2cc(C(C)(C)C)ccc2N3c2c(C)cc3c(c2C)OCCCO3)c2oc3ccc(C(C)(C)C)cc3c21. The van der Waals surface area contributed by atoms with Gasteiger partial charge in [0.25, 0.3) is 6.71 Å². The molecule has 0 saturated heterocycles. The molecule has 9 rings (SSSR count). The molecule has 0 amide bonds. The van der Waals surface area contributed by atoms with Crippen LogP contribution in [-0.2, 0) is 16.2 Å². The third kappa shape index (κ3) is 5.80. The normalized spacial score (nSPS) is 15.1. The summed E-state index contributed by atoms with van der Waals surface area (Å²) in [5.74, 6) is 1.67. The number of hydrogen-bond acceptors (Lipinski definition) is 5. The van der Waals surface area contributed by atoms with Gasteiger partial charge in [-0.3, -0.25) is 0 Å². The van der Waals surface area contributed by atoms with E-state index in [-0.39, 0.29) is 23.0 Å². The Morgan fingerprint density at radius 1 is 0.561 bits per heavy atom. The number of fused-ring (bicyclic) bond motifs is 7. The predicted octanol–water partition coefficient (Wildman–Crippen LogP) is 11.8. The summed E-state index contributed by atoms with van der Waals surface area (Å²) >= 11 is 0. The van der Waals surface area contributed by atoms with E-state index in [0.29, 0.717) is 13.2 Å². The first-order valence-electron chi connectivity index (χ1n) is 20.8. The molecule has 0 N–H and O–H groups in total. The molecule has 3 aliphatic rings. The van der Waals surface area contributed by atoms with Crippen molar-refractivity contribution in [3.63, 3.8) is 0 Å². The van der Waals surface area contributed by atoms with Gasteiger partial charge in [-0.1, -0.05) is 98.7 Å². The lowest BCUT2D eigenvalue weighted by molar-refractivity contribution is 0.296. The number of aryl methyl sites for hydroxylation is 3. The van der Waals surface area contributed by atoms with Crippen LogP contribution in [0.4, 0.5) is 34.1 Å². The summed E-state index contributed by atoms with van der Waals surface area (Å²) in [5.41, 5.74) is 20.0. The van der Waals surface area contributed by atoms with Crippen molar-refractivity contribution in [2.45, 2.75) is 113 Å². The molecule has 0 fully saturated rings. The summed E-state index contributed by atoms with van der Waals surface area (Å²) in [6.07, 6.45) is 0.862. The maximum atomic E-state index is 7.28. The molecule has 0 spiro atoms. The minimum atomic E-state index is -0.128. The van der Waals surface area contributed by atoms with E-state index in [2.05, 4.69) is 173 Å². The third-order valence-corrected chi connectivity index (χ3v) is 12.6. The number of rotatable bonds is 2. The molecular weight excluding hydrogens is 699 g/mol. The molecule has 0 radical (unpaired) electrons. The fourth-order valence-electron chi connectivity index (χ4n) is 9.54. The highest BCUT2D eigenvalue weighted by Gasteiger charge is 2.48. The van der Waals surface area contributed by atoms with E-state index in [1.54, 1.807) is 0 Å². The lowest BCUT2D eigenvalue weighted by Gasteiger charge is -2.44. The molecule has 4 heterocycles. The lowest BCUT2D eigenvalue weighted by Crippen LogP contribution is -2.61. The molecule has 0 bridgehead atoms. The van der Waals surface area contributed by atoms with Gasteiger partial charge in [0.1, 0.15) is 5.58 Å². The topological polar surface area (TPSA) is 38.1 Å². The second kappa shape index (κ2) is 12.7. The summed E-state index contributed by atoms with van der Waals surface area (Å²) in [5, 5.41) is 1.15. The third-order valence-electron chi connectivity index (χ3n) is 12.6. The van der Waals surface area contributed by atoms with Gasteiger partial charge in [0.15, 0.2) is 11.5 Å². The van der Waals surface area contributed by atoms with Crippen LogP contribution in [0.3, 0.4) is 0 Å². The van der Waals surface area contributed by atoms with Crippen LogP contribution in [0.5, 0.6) is 11.5 Å². The summed E-state index contributed by atoms with van der Waals surface area (Å²) in [4.78, 5) is 5.05. The van der Waals surface area contributed by atoms with Crippen molar-refractivity contribution in [1.82, 2.24) is 0 Å². The molecule has 1 aromatic heterocycles. The van der Waals surface area contributed by atoms with Gasteiger partial charge in [0, 0.05) is 34.4 Å². The van der Waals surface area contributed by atoms with Crippen molar-refractivity contribution >= 4 is 68.4 Å². The highest BCUT2D eigenvalue weighted by atomic mass is 16.5. The van der Waals surface area contributed by atoms with Crippen molar-refractivity contribution in [2.75, 3.05) is 23.0 Å². The maximum absolute atomic E-state index is 7.28. The average molecular weight is 757 g/mol. The van der Waals surface area contributed by atoms with Crippen LogP contribution in [0.25, 0.3) is 11.0 Å². The standard InChI is InChI=1S/C51H57BN2O3/c1-29-24-35(51(11,12)13)25-30(2)44(29)54-40-17-14-16-39-43(40)52(48-46(54)36-27-33(49(5,6)7)19-21-41(36)57-48)37-28-34(50(8,9)10)18-20-38(37)53(39)45-31(3)26-42-47(32(45)4)56-23-15-22-55-42/h14,16-21,24-28H,15,22-23H2,1-13H3. The van der Waals surface area contributed by atoms with E-state index in [9.17, 15) is 0 Å². The fourth-order valence-corrected chi connectivity index (χ4v) is 9.54. The van der Waals surface area contributed by atoms with Crippen LogP contribution in [-0.4, -0.2) is 19.9 Å². The van der Waals surface area contributed by atoms with Gasteiger partial charge in [-0.2, -0.15) is 0 Å². The molecule has 292 valence electrons. The first-order chi connectivity index (χ1) is 26.8. The second-order valence-electron chi connectivity index (χ2n) is 19.9.